The third-order valence-corrected chi connectivity index (χ3v) is 3.27. The topological polar surface area (TPSA) is 53.1 Å². The number of halogens is 2. The van der Waals surface area contributed by atoms with E-state index in [2.05, 4.69) is 5.10 Å². The Morgan fingerprint density at radius 1 is 1.33 bits per heavy atom. The molecular formula is C12H13Cl2N3O. The van der Waals surface area contributed by atoms with Gasteiger partial charge in [-0.25, -0.2) is 4.68 Å². The highest BCUT2D eigenvalue weighted by atomic mass is 35.5. The van der Waals surface area contributed by atoms with Crippen LogP contribution in [0.4, 0.5) is 5.69 Å². The maximum absolute atomic E-state index is 5.93. The molecule has 96 valence electrons. The summed E-state index contributed by atoms with van der Waals surface area (Å²) in [7, 11) is 0. The SMILES string of the molecule is CCn1nc(C)c(N)c1Oc1ccc(Cl)c(Cl)c1. The lowest BCUT2D eigenvalue weighted by Gasteiger charge is -2.08. The summed E-state index contributed by atoms with van der Waals surface area (Å²) in [6, 6.07) is 5.05. The van der Waals surface area contributed by atoms with Crippen molar-refractivity contribution in [3.05, 3.63) is 33.9 Å². The number of nitrogens with two attached hydrogens (primary N) is 1. The largest absolute Gasteiger partial charge is 0.437 e. The Morgan fingerprint density at radius 3 is 2.67 bits per heavy atom. The second-order valence-electron chi connectivity index (χ2n) is 3.80. The average Bonchev–Trinajstić information content (AvgIpc) is 2.61. The van der Waals surface area contributed by atoms with E-state index >= 15 is 0 Å². The van der Waals surface area contributed by atoms with E-state index < -0.39 is 0 Å². The summed E-state index contributed by atoms with van der Waals surface area (Å²) in [4.78, 5) is 0. The minimum atomic E-state index is 0.437. The van der Waals surface area contributed by atoms with Crippen molar-refractivity contribution in [1.82, 2.24) is 9.78 Å². The molecular weight excluding hydrogens is 273 g/mol. The molecule has 18 heavy (non-hydrogen) atoms. The van der Waals surface area contributed by atoms with E-state index in [1.54, 1.807) is 22.9 Å². The van der Waals surface area contributed by atoms with E-state index in [1.165, 1.54) is 0 Å². The molecule has 0 radical (unpaired) electrons. The van der Waals surface area contributed by atoms with Gasteiger partial charge < -0.3 is 10.5 Å². The van der Waals surface area contributed by atoms with Gasteiger partial charge in [0.1, 0.15) is 11.4 Å². The van der Waals surface area contributed by atoms with Gasteiger partial charge in [0, 0.05) is 12.6 Å². The molecule has 1 heterocycles. The highest BCUT2D eigenvalue weighted by molar-refractivity contribution is 6.42. The van der Waals surface area contributed by atoms with Crippen LogP contribution in [-0.4, -0.2) is 9.78 Å². The number of nitrogen functional groups attached to an aromatic ring is 1. The van der Waals surface area contributed by atoms with Crippen molar-refractivity contribution in [3.63, 3.8) is 0 Å². The van der Waals surface area contributed by atoms with E-state index in [4.69, 9.17) is 33.7 Å². The first-order valence-corrected chi connectivity index (χ1v) is 6.24. The molecule has 0 unspecified atom stereocenters. The van der Waals surface area contributed by atoms with Crippen molar-refractivity contribution in [2.45, 2.75) is 20.4 Å². The zero-order valence-corrected chi connectivity index (χ0v) is 11.6. The molecule has 0 saturated heterocycles. The number of hydrogen-bond acceptors (Lipinski definition) is 3. The molecule has 1 aromatic carbocycles. The van der Waals surface area contributed by atoms with Gasteiger partial charge in [0.2, 0.25) is 5.88 Å². The highest BCUT2D eigenvalue weighted by Gasteiger charge is 2.14. The van der Waals surface area contributed by atoms with Crippen LogP contribution in [0.15, 0.2) is 18.2 Å². The summed E-state index contributed by atoms with van der Waals surface area (Å²) < 4.78 is 7.42. The van der Waals surface area contributed by atoms with Crippen LogP contribution in [-0.2, 0) is 6.54 Å². The van der Waals surface area contributed by atoms with Crippen LogP contribution in [0, 0.1) is 6.92 Å². The number of aryl methyl sites for hydroxylation is 2. The predicted octanol–water partition coefficient (Wildman–Crippen LogP) is 3.89. The van der Waals surface area contributed by atoms with Crippen molar-refractivity contribution in [3.8, 4) is 11.6 Å². The lowest BCUT2D eigenvalue weighted by atomic mass is 10.3. The van der Waals surface area contributed by atoms with Gasteiger partial charge in [-0.05, 0) is 26.0 Å². The summed E-state index contributed by atoms with van der Waals surface area (Å²) in [6.07, 6.45) is 0. The smallest absolute Gasteiger partial charge is 0.241 e. The van der Waals surface area contributed by atoms with E-state index in [0.29, 0.717) is 33.9 Å². The Balaban J connectivity index is 2.36. The molecule has 4 nitrogen and oxygen atoms in total. The van der Waals surface area contributed by atoms with Crippen LogP contribution in [0.2, 0.25) is 10.0 Å². The third-order valence-electron chi connectivity index (χ3n) is 2.53. The molecule has 6 heteroatoms. The third kappa shape index (κ3) is 2.40. The van der Waals surface area contributed by atoms with Crippen LogP contribution < -0.4 is 10.5 Å². The fraction of sp³-hybridized carbons (Fsp3) is 0.250. The fourth-order valence-electron chi connectivity index (χ4n) is 1.55. The fourth-order valence-corrected chi connectivity index (χ4v) is 1.84. The Hall–Kier alpha value is -1.39. The zero-order chi connectivity index (χ0) is 13.3. The van der Waals surface area contributed by atoms with Crippen LogP contribution >= 0.6 is 23.2 Å². The van der Waals surface area contributed by atoms with Crippen molar-refractivity contribution in [1.29, 1.82) is 0 Å². The van der Waals surface area contributed by atoms with Gasteiger partial charge in [0.25, 0.3) is 0 Å². The Morgan fingerprint density at radius 2 is 2.06 bits per heavy atom. The summed E-state index contributed by atoms with van der Waals surface area (Å²) in [5.41, 5.74) is 7.20. The molecule has 0 amide bonds. The number of nitrogens with zero attached hydrogens (tertiary/aromatic N) is 2. The van der Waals surface area contributed by atoms with Gasteiger partial charge in [-0.3, -0.25) is 0 Å². The van der Waals surface area contributed by atoms with E-state index in [-0.39, 0.29) is 0 Å². The molecule has 1 aromatic heterocycles. The average molecular weight is 286 g/mol. The molecule has 2 aromatic rings. The maximum atomic E-state index is 5.93. The number of benzene rings is 1. The normalized spacial score (nSPS) is 10.7. The van der Waals surface area contributed by atoms with Gasteiger partial charge in [0.15, 0.2) is 0 Å². The maximum Gasteiger partial charge on any atom is 0.241 e. The lowest BCUT2D eigenvalue weighted by Crippen LogP contribution is -2.00. The van der Waals surface area contributed by atoms with Gasteiger partial charge in [0.05, 0.1) is 15.7 Å². The van der Waals surface area contributed by atoms with Crippen LogP contribution in [0.1, 0.15) is 12.6 Å². The summed E-state index contributed by atoms with van der Waals surface area (Å²) in [5, 5.41) is 5.19. The van der Waals surface area contributed by atoms with E-state index in [9.17, 15) is 0 Å². The molecule has 0 aliphatic heterocycles. The second kappa shape index (κ2) is 5.08. The Kier molecular flexibility index (Phi) is 3.68. The van der Waals surface area contributed by atoms with Gasteiger partial charge >= 0.3 is 0 Å². The minimum Gasteiger partial charge on any atom is -0.437 e. The van der Waals surface area contributed by atoms with Crippen molar-refractivity contribution in [2.24, 2.45) is 0 Å². The van der Waals surface area contributed by atoms with E-state index in [0.717, 1.165) is 5.69 Å². The number of ether oxygens (including phenoxy) is 1. The molecule has 0 fully saturated rings. The molecule has 0 aliphatic carbocycles. The molecule has 2 N–H and O–H groups in total. The number of aromatic nitrogens is 2. The van der Waals surface area contributed by atoms with Gasteiger partial charge in [-0.1, -0.05) is 23.2 Å². The monoisotopic (exact) mass is 285 g/mol. The van der Waals surface area contributed by atoms with Crippen LogP contribution in [0.25, 0.3) is 0 Å². The summed E-state index contributed by atoms with van der Waals surface area (Å²) in [6.45, 7) is 4.48. The Bertz CT molecular complexity index is 581. The standard InChI is InChI=1S/C12H13Cl2N3O/c1-3-17-12(11(15)7(2)16-17)18-8-4-5-9(13)10(14)6-8/h4-6H,3,15H2,1-2H3. The van der Waals surface area contributed by atoms with Gasteiger partial charge in [-0.15, -0.1) is 0 Å². The number of anilines is 1. The molecule has 0 atom stereocenters. The quantitative estimate of drug-likeness (QED) is 0.931. The number of rotatable bonds is 3. The zero-order valence-electron chi connectivity index (χ0n) is 10.1. The van der Waals surface area contributed by atoms with Crippen molar-refractivity contribution < 1.29 is 4.74 Å². The molecule has 2 rings (SSSR count). The highest BCUT2D eigenvalue weighted by Crippen LogP contribution is 2.33. The molecule has 0 aliphatic rings. The summed E-state index contributed by atoms with van der Waals surface area (Å²) in [5.74, 6) is 1.10. The first-order valence-electron chi connectivity index (χ1n) is 5.48. The van der Waals surface area contributed by atoms with Crippen LogP contribution in [0.5, 0.6) is 11.6 Å². The van der Waals surface area contributed by atoms with Gasteiger partial charge in [-0.2, -0.15) is 5.10 Å². The molecule has 0 saturated carbocycles. The molecule has 0 spiro atoms. The number of hydrogen-bond donors (Lipinski definition) is 1. The minimum absolute atomic E-state index is 0.437. The van der Waals surface area contributed by atoms with E-state index in [1.807, 2.05) is 13.8 Å². The summed E-state index contributed by atoms with van der Waals surface area (Å²) >= 11 is 11.8. The second-order valence-corrected chi connectivity index (χ2v) is 4.61. The van der Waals surface area contributed by atoms with Crippen LogP contribution in [0.3, 0.4) is 0 Å². The predicted molar refractivity (Wildman–Crippen MR) is 73.6 cm³/mol. The lowest BCUT2D eigenvalue weighted by molar-refractivity contribution is 0.418. The van der Waals surface area contributed by atoms with Crippen molar-refractivity contribution in [2.75, 3.05) is 5.73 Å². The van der Waals surface area contributed by atoms with Crippen molar-refractivity contribution >= 4 is 28.9 Å². The molecule has 0 bridgehead atoms. The Labute approximate surface area is 115 Å². The first kappa shape index (κ1) is 13.1. The first-order chi connectivity index (χ1) is 8.52.